The molecule has 0 aromatic carbocycles. The van der Waals surface area contributed by atoms with Crippen LogP contribution in [0.15, 0.2) is 12.3 Å². The van der Waals surface area contributed by atoms with Crippen molar-refractivity contribution in [2.45, 2.75) is 40.0 Å². The van der Waals surface area contributed by atoms with Gasteiger partial charge in [0.05, 0.1) is 18.5 Å². The van der Waals surface area contributed by atoms with Crippen LogP contribution in [0.1, 0.15) is 40.0 Å². The van der Waals surface area contributed by atoms with Crippen molar-refractivity contribution in [3.8, 4) is 0 Å². The normalized spacial score (nSPS) is 8.62. The number of halogens is 2. The summed E-state index contributed by atoms with van der Waals surface area (Å²) in [6.07, 6.45) is 8.88. The fourth-order valence-corrected chi connectivity index (χ4v) is 4.31. The zero-order valence-electron chi connectivity index (χ0n) is 10.6. The first kappa shape index (κ1) is 22.4. The third kappa shape index (κ3) is 29.5. The third-order valence-corrected chi connectivity index (χ3v) is 5.43. The first-order chi connectivity index (χ1) is 7.67. The van der Waals surface area contributed by atoms with E-state index in [9.17, 15) is 0 Å². The molecule has 4 heteroatoms. The van der Waals surface area contributed by atoms with Crippen molar-refractivity contribution < 1.29 is 16.5 Å². The van der Waals surface area contributed by atoms with Gasteiger partial charge in [-0.15, -0.1) is 0 Å². The first-order valence-electron chi connectivity index (χ1n) is 5.56. The SMILES string of the molecule is CCC[PH+](CCC)CCC.[CH-]=C=C.[Cl][Pt][Cl]. The van der Waals surface area contributed by atoms with Crippen molar-refractivity contribution in [1.29, 1.82) is 0 Å². The average molecular weight is 466 g/mol. The molecule has 0 heterocycles. The summed E-state index contributed by atoms with van der Waals surface area (Å²) in [5, 5.41) is 0. The molecular formula is C12H25Cl2PPt. The van der Waals surface area contributed by atoms with Gasteiger partial charge in [0.25, 0.3) is 0 Å². The van der Waals surface area contributed by atoms with Crippen LogP contribution >= 0.6 is 26.8 Å². The van der Waals surface area contributed by atoms with Crippen LogP contribution in [0.5, 0.6) is 0 Å². The molecule has 0 saturated carbocycles. The zero-order valence-corrected chi connectivity index (χ0v) is 15.4. The van der Waals surface area contributed by atoms with E-state index in [4.69, 9.17) is 18.8 Å². The first-order valence-corrected chi connectivity index (χ1v) is 13.3. The molecule has 0 aromatic heterocycles. The molecule has 0 aliphatic heterocycles. The van der Waals surface area contributed by atoms with Gasteiger partial charge in [-0.1, -0.05) is 20.8 Å². The van der Waals surface area contributed by atoms with Crippen molar-refractivity contribution in [3.63, 3.8) is 0 Å². The summed E-state index contributed by atoms with van der Waals surface area (Å²) in [6, 6.07) is 0. The number of hydrogen-bond donors (Lipinski definition) is 0. The van der Waals surface area contributed by atoms with Crippen molar-refractivity contribution in [2.75, 3.05) is 18.5 Å². The predicted octanol–water partition coefficient (Wildman–Crippen LogP) is 5.57. The van der Waals surface area contributed by atoms with Crippen LogP contribution in [0.4, 0.5) is 0 Å². The van der Waals surface area contributed by atoms with Crippen LogP contribution in [0.2, 0.25) is 0 Å². The van der Waals surface area contributed by atoms with Gasteiger partial charge in [-0.2, -0.15) is 0 Å². The molecule has 0 bridgehead atoms. The standard InChI is InChI=1S/C9H21P.C3H3.2ClH.Pt/c1-4-7-10(8-5-2)9-6-3;1-3-2;;;/h4-9H2,1-3H3;1H,2H2;2*1H;/q;-1;;;+2/p-1. The zero-order chi connectivity index (χ0) is 13.2. The molecular weight excluding hydrogens is 441 g/mol. The van der Waals surface area contributed by atoms with Crippen LogP contribution in [-0.2, 0) is 16.5 Å². The molecule has 0 unspecified atom stereocenters. The van der Waals surface area contributed by atoms with Gasteiger partial charge in [0.2, 0.25) is 0 Å². The maximum atomic E-state index is 4.88. The van der Waals surface area contributed by atoms with E-state index in [-0.39, 0.29) is 7.92 Å². The van der Waals surface area contributed by atoms with Crippen molar-refractivity contribution in [3.05, 3.63) is 18.9 Å². The molecule has 0 saturated heterocycles. The molecule has 0 rings (SSSR count). The Morgan fingerprint density at radius 1 is 1.06 bits per heavy atom. The predicted molar refractivity (Wildman–Crippen MR) is 78.9 cm³/mol. The second-order valence-electron chi connectivity index (χ2n) is 3.25. The van der Waals surface area contributed by atoms with Gasteiger partial charge < -0.3 is 5.73 Å². The average Bonchev–Trinajstić information content (AvgIpc) is 2.21. The molecule has 0 aliphatic rings. The Bertz CT molecular complexity index is 123. The van der Waals surface area contributed by atoms with Crippen LogP contribution < -0.4 is 0 Å². The Morgan fingerprint density at radius 3 is 1.38 bits per heavy atom. The summed E-state index contributed by atoms with van der Waals surface area (Å²) in [5.41, 5.74) is 2.00. The van der Waals surface area contributed by atoms with Gasteiger partial charge in [-0.3, -0.25) is 0 Å². The topological polar surface area (TPSA) is 0 Å². The number of rotatable bonds is 6. The fourth-order valence-electron chi connectivity index (χ4n) is 1.44. The Hall–Kier alpha value is 1.22. The van der Waals surface area contributed by atoms with Gasteiger partial charge in [-0.05, 0) is 19.3 Å². The van der Waals surface area contributed by atoms with E-state index in [1.165, 1.54) is 19.3 Å². The van der Waals surface area contributed by atoms with Crippen LogP contribution in [0.3, 0.4) is 0 Å². The summed E-state index contributed by atoms with van der Waals surface area (Å²) in [4.78, 5) is 0. The third-order valence-electron chi connectivity index (χ3n) is 1.81. The van der Waals surface area contributed by atoms with E-state index >= 15 is 0 Å². The molecule has 0 nitrogen and oxygen atoms in total. The molecule has 102 valence electrons. The molecule has 0 fully saturated rings. The molecule has 16 heavy (non-hydrogen) atoms. The van der Waals surface area contributed by atoms with Crippen LogP contribution in [0.25, 0.3) is 0 Å². The van der Waals surface area contributed by atoms with E-state index in [1.54, 1.807) is 18.5 Å². The maximum absolute atomic E-state index is 4.88. The Balaban J connectivity index is -0.000000235. The van der Waals surface area contributed by atoms with Gasteiger partial charge in [0.1, 0.15) is 0 Å². The molecule has 0 atom stereocenters. The summed E-state index contributed by atoms with van der Waals surface area (Å²) >= 11 is -0.472. The molecule has 0 aromatic rings. The van der Waals surface area contributed by atoms with E-state index in [1.807, 2.05) is 5.73 Å². The monoisotopic (exact) mass is 465 g/mol. The van der Waals surface area contributed by atoms with Crippen molar-refractivity contribution in [1.82, 2.24) is 0 Å². The summed E-state index contributed by atoms with van der Waals surface area (Å²) in [6.45, 7) is 14.4. The van der Waals surface area contributed by atoms with Gasteiger partial charge >= 0.3 is 35.3 Å². The molecule has 0 aliphatic carbocycles. The Labute approximate surface area is 120 Å². The summed E-state index contributed by atoms with van der Waals surface area (Å²) < 4.78 is 0. The summed E-state index contributed by atoms with van der Waals surface area (Å²) in [5.74, 6) is 0. The molecule has 0 N–H and O–H groups in total. The van der Waals surface area contributed by atoms with Gasteiger partial charge in [0, 0.05) is 7.92 Å². The quantitative estimate of drug-likeness (QED) is 0.273. The summed E-state index contributed by atoms with van der Waals surface area (Å²) in [7, 11) is 9.85. The van der Waals surface area contributed by atoms with E-state index < -0.39 is 16.5 Å². The van der Waals surface area contributed by atoms with E-state index in [0.717, 1.165) is 0 Å². The van der Waals surface area contributed by atoms with E-state index in [0.29, 0.717) is 0 Å². The van der Waals surface area contributed by atoms with Crippen molar-refractivity contribution in [2.24, 2.45) is 0 Å². The molecule has 0 radical (unpaired) electrons. The van der Waals surface area contributed by atoms with Gasteiger partial charge in [-0.25, -0.2) is 13.2 Å². The van der Waals surface area contributed by atoms with Crippen LogP contribution in [0, 0.1) is 6.58 Å². The van der Waals surface area contributed by atoms with Crippen LogP contribution in [-0.4, -0.2) is 18.5 Å². The Kier molecular flexibility index (Phi) is 35.2. The Morgan fingerprint density at radius 2 is 1.25 bits per heavy atom. The van der Waals surface area contributed by atoms with Crippen molar-refractivity contribution >= 4 is 26.8 Å². The fraction of sp³-hybridized carbons (Fsp3) is 0.750. The van der Waals surface area contributed by atoms with E-state index in [2.05, 4.69) is 33.9 Å². The minimum atomic E-state index is -0.472. The molecule has 0 spiro atoms. The molecule has 0 amide bonds. The minimum absolute atomic E-state index is 0.103. The number of hydrogen-bond acceptors (Lipinski definition) is 0. The van der Waals surface area contributed by atoms with Gasteiger partial charge in [0.15, 0.2) is 0 Å². The second kappa shape index (κ2) is 25.2. The second-order valence-corrected chi connectivity index (χ2v) is 9.53.